The molecule has 0 bridgehead atoms. The predicted octanol–water partition coefficient (Wildman–Crippen LogP) is 3.51. The molecule has 1 aromatic carbocycles. The molecule has 1 nitrogen and oxygen atoms in total. The van der Waals surface area contributed by atoms with Crippen molar-refractivity contribution in [2.24, 2.45) is 11.7 Å². The molecule has 90 valence electrons. The molecule has 0 amide bonds. The summed E-state index contributed by atoms with van der Waals surface area (Å²) in [4.78, 5) is 0. The summed E-state index contributed by atoms with van der Waals surface area (Å²) >= 11 is 0. The first kappa shape index (κ1) is 13.2. The number of nitrogens with two attached hydrogens (primary N) is 1. The molecular weight excluding hydrogens is 194 g/mol. The molecule has 1 aromatic rings. The highest BCUT2D eigenvalue weighted by molar-refractivity contribution is 5.28. The van der Waals surface area contributed by atoms with E-state index in [1.165, 1.54) is 11.1 Å². The quantitative estimate of drug-likeness (QED) is 0.824. The maximum atomic E-state index is 5.58. The Kier molecular flexibility index (Phi) is 4.55. The van der Waals surface area contributed by atoms with Crippen LogP contribution in [0.2, 0.25) is 0 Å². The molecule has 0 aliphatic heterocycles. The molecule has 0 aliphatic carbocycles. The zero-order valence-electron chi connectivity index (χ0n) is 11.1. The van der Waals surface area contributed by atoms with Gasteiger partial charge in [-0.15, -0.1) is 0 Å². The molecule has 0 saturated heterocycles. The van der Waals surface area contributed by atoms with Gasteiger partial charge in [-0.3, -0.25) is 0 Å². The van der Waals surface area contributed by atoms with Crippen molar-refractivity contribution in [1.82, 2.24) is 0 Å². The fourth-order valence-electron chi connectivity index (χ4n) is 1.95. The Morgan fingerprint density at radius 3 is 2.50 bits per heavy atom. The van der Waals surface area contributed by atoms with E-state index in [-0.39, 0.29) is 5.41 Å². The predicted molar refractivity (Wildman–Crippen MR) is 71.7 cm³/mol. The van der Waals surface area contributed by atoms with Crippen LogP contribution >= 0.6 is 0 Å². The van der Waals surface area contributed by atoms with E-state index in [1.807, 2.05) is 0 Å². The minimum Gasteiger partial charge on any atom is -0.330 e. The molecule has 1 rings (SSSR count). The average molecular weight is 219 g/mol. The molecule has 0 saturated carbocycles. The van der Waals surface area contributed by atoms with Gasteiger partial charge in [-0.2, -0.15) is 0 Å². The van der Waals surface area contributed by atoms with Gasteiger partial charge >= 0.3 is 0 Å². The van der Waals surface area contributed by atoms with Crippen molar-refractivity contribution in [2.75, 3.05) is 6.54 Å². The van der Waals surface area contributed by atoms with Crippen molar-refractivity contribution >= 4 is 0 Å². The van der Waals surface area contributed by atoms with E-state index >= 15 is 0 Å². The van der Waals surface area contributed by atoms with Crippen molar-refractivity contribution in [2.45, 2.75) is 46.0 Å². The number of rotatable bonds is 4. The van der Waals surface area contributed by atoms with Crippen molar-refractivity contribution in [3.05, 3.63) is 35.4 Å². The van der Waals surface area contributed by atoms with E-state index in [0.717, 1.165) is 19.4 Å². The molecule has 1 atom stereocenters. The molecule has 0 heterocycles. The van der Waals surface area contributed by atoms with Crippen LogP contribution in [0.15, 0.2) is 24.3 Å². The minimum atomic E-state index is 0.243. The summed E-state index contributed by atoms with van der Waals surface area (Å²) in [5.74, 6) is 0.681. The monoisotopic (exact) mass is 219 g/mol. The summed E-state index contributed by atoms with van der Waals surface area (Å²) < 4.78 is 0. The van der Waals surface area contributed by atoms with Crippen LogP contribution in [0.4, 0.5) is 0 Å². The largest absolute Gasteiger partial charge is 0.330 e. The third-order valence-corrected chi connectivity index (χ3v) is 3.04. The molecular formula is C15H25N. The smallest absolute Gasteiger partial charge is 0.00746 e. The summed E-state index contributed by atoms with van der Waals surface area (Å²) in [5.41, 5.74) is 8.68. The molecule has 0 spiro atoms. The minimum absolute atomic E-state index is 0.243. The maximum Gasteiger partial charge on any atom is -0.00746 e. The molecule has 0 radical (unpaired) electrons. The van der Waals surface area contributed by atoms with Crippen LogP contribution in [0, 0.1) is 5.92 Å². The van der Waals surface area contributed by atoms with Gasteiger partial charge in [0, 0.05) is 0 Å². The lowest BCUT2D eigenvalue weighted by Crippen LogP contribution is -2.12. The lowest BCUT2D eigenvalue weighted by atomic mass is 9.85. The van der Waals surface area contributed by atoms with Gasteiger partial charge in [0.05, 0.1) is 0 Å². The van der Waals surface area contributed by atoms with Gasteiger partial charge in [-0.1, -0.05) is 52.0 Å². The van der Waals surface area contributed by atoms with Crippen molar-refractivity contribution < 1.29 is 0 Å². The Morgan fingerprint density at radius 1 is 1.25 bits per heavy atom. The molecule has 0 aliphatic rings. The number of hydrogen-bond donors (Lipinski definition) is 1. The van der Waals surface area contributed by atoms with E-state index in [0.29, 0.717) is 5.92 Å². The van der Waals surface area contributed by atoms with Gasteiger partial charge < -0.3 is 5.73 Å². The van der Waals surface area contributed by atoms with Crippen LogP contribution in [-0.2, 0) is 11.8 Å². The van der Waals surface area contributed by atoms with Crippen LogP contribution in [-0.4, -0.2) is 6.54 Å². The fourth-order valence-corrected chi connectivity index (χ4v) is 1.95. The Hall–Kier alpha value is -0.820. The van der Waals surface area contributed by atoms with Crippen LogP contribution < -0.4 is 5.73 Å². The average Bonchev–Trinajstić information content (AvgIpc) is 2.17. The van der Waals surface area contributed by atoms with Crippen molar-refractivity contribution in [1.29, 1.82) is 0 Å². The number of benzene rings is 1. The first-order valence-corrected chi connectivity index (χ1v) is 6.23. The lowest BCUT2D eigenvalue weighted by Gasteiger charge is -2.20. The zero-order chi connectivity index (χ0) is 12.2. The summed E-state index contributed by atoms with van der Waals surface area (Å²) in [5, 5.41) is 0. The summed E-state index contributed by atoms with van der Waals surface area (Å²) in [6, 6.07) is 8.96. The lowest BCUT2D eigenvalue weighted by molar-refractivity contribution is 0.536. The van der Waals surface area contributed by atoms with Gasteiger partial charge in [-0.25, -0.2) is 0 Å². The maximum absolute atomic E-state index is 5.58. The van der Waals surface area contributed by atoms with Crippen LogP contribution in [0.3, 0.4) is 0 Å². The van der Waals surface area contributed by atoms with Gasteiger partial charge in [0.1, 0.15) is 0 Å². The van der Waals surface area contributed by atoms with E-state index in [9.17, 15) is 0 Å². The van der Waals surface area contributed by atoms with Crippen LogP contribution in [0.5, 0.6) is 0 Å². The van der Waals surface area contributed by atoms with Crippen molar-refractivity contribution in [3.63, 3.8) is 0 Å². The standard InChI is InChI=1S/C15H25N/c1-12(8-9-16)10-13-6-5-7-14(11-13)15(2,3)4/h5-7,11-12H,8-10,16H2,1-4H3. The van der Waals surface area contributed by atoms with E-state index in [4.69, 9.17) is 5.73 Å². The Labute approximate surface area is 100 Å². The summed E-state index contributed by atoms with van der Waals surface area (Å²) in [6.07, 6.45) is 2.25. The topological polar surface area (TPSA) is 26.0 Å². The number of hydrogen-bond acceptors (Lipinski definition) is 1. The van der Waals surface area contributed by atoms with Gasteiger partial charge in [0.25, 0.3) is 0 Å². The first-order valence-electron chi connectivity index (χ1n) is 6.23. The van der Waals surface area contributed by atoms with E-state index in [1.54, 1.807) is 0 Å². The van der Waals surface area contributed by atoms with Gasteiger partial charge in [-0.05, 0) is 41.8 Å². The van der Waals surface area contributed by atoms with Crippen molar-refractivity contribution in [3.8, 4) is 0 Å². The zero-order valence-corrected chi connectivity index (χ0v) is 11.1. The first-order chi connectivity index (χ1) is 7.43. The Morgan fingerprint density at radius 2 is 1.94 bits per heavy atom. The van der Waals surface area contributed by atoms with Gasteiger partial charge in [0.15, 0.2) is 0 Å². The second kappa shape index (κ2) is 5.49. The highest BCUT2D eigenvalue weighted by Crippen LogP contribution is 2.24. The molecule has 16 heavy (non-hydrogen) atoms. The summed E-state index contributed by atoms with van der Waals surface area (Å²) in [6.45, 7) is 9.84. The van der Waals surface area contributed by atoms with E-state index in [2.05, 4.69) is 52.0 Å². The molecule has 1 unspecified atom stereocenters. The highest BCUT2D eigenvalue weighted by Gasteiger charge is 2.14. The van der Waals surface area contributed by atoms with Crippen LogP contribution in [0.25, 0.3) is 0 Å². The summed E-state index contributed by atoms with van der Waals surface area (Å²) in [7, 11) is 0. The molecule has 0 fully saturated rings. The van der Waals surface area contributed by atoms with E-state index < -0.39 is 0 Å². The third-order valence-electron chi connectivity index (χ3n) is 3.04. The third kappa shape index (κ3) is 3.97. The molecule has 2 N–H and O–H groups in total. The fraction of sp³-hybridized carbons (Fsp3) is 0.600. The Balaban J connectivity index is 2.75. The SMILES string of the molecule is CC(CCN)Cc1cccc(C(C)(C)C)c1. The molecule has 0 aromatic heterocycles. The van der Waals surface area contributed by atoms with Crippen LogP contribution in [0.1, 0.15) is 45.2 Å². The second-order valence-corrected chi connectivity index (χ2v) is 5.84. The second-order valence-electron chi connectivity index (χ2n) is 5.84. The normalized spacial score (nSPS) is 13.8. The highest BCUT2D eigenvalue weighted by atomic mass is 14.5. The molecule has 1 heteroatoms. The Bertz CT molecular complexity index is 322. The van der Waals surface area contributed by atoms with Gasteiger partial charge in [0.2, 0.25) is 0 Å².